The molecule has 0 radical (unpaired) electrons. The predicted octanol–water partition coefficient (Wildman–Crippen LogP) is 2.37. The van der Waals surface area contributed by atoms with Crippen molar-refractivity contribution in [3.63, 3.8) is 0 Å². The summed E-state index contributed by atoms with van der Waals surface area (Å²) in [6, 6.07) is 12.8. The zero-order valence-corrected chi connectivity index (χ0v) is 13.6. The van der Waals surface area contributed by atoms with Gasteiger partial charge in [-0.15, -0.1) is 0 Å². The van der Waals surface area contributed by atoms with Gasteiger partial charge in [0.15, 0.2) is 0 Å². The monoisotopic (exact) mass is 327 g/mol. The van der Waals surface area contributed by atoms with Crippen molar-refractivity contribution in [2.24, 2.45) is 0 Å². The minimum absolute atomic E-state index is 0.241. The Kier molecular flexibility index (Phi) is 4.86. The van der Waals surface area contributed by atoms with E-state index >= 15 is 0 Å². The quantitative estimate of drug-likeness (QED) is 0.843. The van der Waals surface area contributed by atoms with Gasteiger partial charge < -0.3 is 25.4 Å². The summed E-state index contributed by atoms with van der Waals surface area (Å²) in [5.74, 6) is 0.383. The maximum Gasteiger partial charge on any atom is 0.257 e. The maximum atomic E-state index is 12.4. The van der Waals surface area contributed by atoms with E-state index in [4.69, 9.17) is 15.2 Å². The van der Waals surface area contributed by atoms with Crippen molar-refractivity contribution in [3.8, 4) is 5.75 Å². The Labute approximate surface area is 141 Å². The number of carbonyl (C=O) groups is 1. The number of morpholine rings is 1. The van der Waals surface area contributed by atoms with Crippen molar-refractivity contribution < 1.29 is 14.3 Å². The van der Waals surface area contributed by atoms with Gasteiger partial charge >= 0.3 is 0 Å². The second-order valence-electron chi connectivity index (χ2n) is 5.55. The number of benzene rings is 2. The summed E-state index contributed by atoms with van der Waals surface area (Å²) in [6.45, 7) is 3.26. The maximum absolute atomic E-state index is 12.4. The summed E-state index contributed by atoms with van der Waals surface area (Å²) in [6.07, 6.45) is 0. The first kappa shape index (κ1) is 16.1. The molecule has 0 atom stereocenters. The Morgan fingerprint density at radius 3 is 2.50 bits per heavy atom. The van der Waals surface area contributed by atoms with Crippen LogP contribution in [0.1, 0.15) is 10.4 Å². The SMILES string of the molecule is COc1ccc(C(=O)Nc2ccc(N3CCOCC3)cc2)c(N)c1. The number of rotatable bonds is 4. The lowest BCUT2D eigenvalue weighted by Crippen LogP contribution is -2.36. The Morgan fingerprint density at radius 1 is 1.17 bits per heavy atom. The largest absolute Gasteiger partial charge is 0.497 e. The molecule has 1 amide bonds. The number of nitrogens with one attached hydrogen (secondary N) is 1. The third-order valence-electron chi connectivity index (χ3n) is 4.00. The molecule has 1 aliphatic heterocycles. The number of hydrogen-bond donors (Lipinski definition) is 2. The fraction of sp³-hybridized carbons (Fsp3) is 0.278. The normalized spacial score (nSPS) is 14.3. The third-order valence-corrected chi connectivity index (χ3v) is 4.00. The number of carbonyl (C=O) groups excluding carboxylic acids is 1. The van der Waals surface area contributed by atoms with Gasteiger partial charge in [0.05, 0.1) is 25.9 Å². The van der Waals surface area contributed by atoms with Crippen molar-refractivity contribution >= 4 is 23.0 Å². The van der Waals surface area contributed by atoms with E-state index in [1.54, 1.807) is 25.3 Å². The van der Waals surface area contributed by atoms with Crippen LogP contribution in [0.15, 0.2) is 42.5 Å². The van der Waals surface area contributed by atoms with E-state index in [0.717, 1.165) is 37.7 Å². The highest BCUT2D eigenvalue weighted by Gasteiger charge is 2.13. The van der Waals surface area contributed by atoms with Crippen LogP contribution in [0.2, 0.25) is 0 Å². The first-order valence-electron chi connectivity index (χ1n) is 7.85. The summed E-state index contributed by atoms with van der Waals surface area (Å²) in [5.41, 5.74) is 8.58. The zero-order chi connectivity index (χ0) is 16.9. The third kappa shape index (κ3) is 3.60. The van der Waals surface area contributed by atoms with Crippen LogP contribution in [0, 0.1) is 0 Å². The zero-order valence-electron chi connectivity index (χ0n) is 13.6. The topological polar surface area (TPSA) is 76.8 Å². The molecule has 1 fully saturated rings. The number of anilines is 3. The molecule has 0 aliphatic carbocycles. The molecule has 1 saturated heterocycles. The highest BCUT2D eigenvalue weighted by molar-refractivity contribution is 6.07. The number of amides is 1. The van der Waals surface area contributed by atoms with Crippen LogP contribution in [-0.4, -0.2) is 39.3 Å². The molecule has 0 aromatic heterocycles. The minimum Gasteiger partial charge on any atom is -0.497 e. The second kappa shape index (κ2) is 7.23. The van der Waals surface area contributed by atoms with Crippen LogP contribution in [-0.2, 0) is 4.74 Å². The molecule has 24 heavy (non-hydrogen) atoms. The smallest absolute Gasteiger partial charge is 0.257 e. The summed E-state index contributed by atoms with van der Waals surface area (Å²) in [5, 5.41) is 2.86. The number of nitrogens with two attached hydrogens (primary N) is 1. The van der Waals surface area contributed by atoms with Crippen molar-refractivity contribution in [1.29, 1.82) is 0 Å². The van der Waals surface area contributed by atoms with E-state index in [1.165, 1.54) is 0 Å². The average molecular weight is 327 g/mol. The molecule has 2 aromatic carbocycles. The minimum atomic E-state index is -0.241. The Balaban J connectivity index is 1.68. The number of methoxy groups -OCH3 is 1. The van der Waals surface area contributed by atoms with Crippen LogP contribution in [0.5, 0.6) is 5.75 Å². The molecule has 0 unspecified atom stereocenters. The lowest BCUT2D eigenvalue weighted by molar-refractivity contribution is 0.102. The molecule has 6 nitrogen and oxygen atoms in total. The summed E-state index contributed by atoms with van der Waals surface area (Å²) < 4.78 is 10.4. The number of nitrogen functional groups attached to an aromatic ring is 1. The van der Waals surface area contributed by atoms with Crippen molar-refractivity contribution in [1.82, 2.24) is 0 Å². The number of nitrogens with zero attached hydrogens (tertiary/aromatic N) is 1. The molecular weight excluding hydrogens is 306 g/mol. The van der Waals surface area contributed by atoms with E-state index in [0.29, 0.717) is 17.0 Å². The van der Waals surface area contributed by atoms with E-state index in [2.05, 4.69) is 10.2 Å². The van der Waals surface area contributed by atoms with Gasteiger partial charge in [0, 0.05) is 36.2 Å². The fourth-order valence-electron chi connectivity index (χ4n) is 2.65. The molecule has 6 heteroatoms. The molecular formula is C18H21N3O3. The van der Waals surface area contributed by atoms with Crippen molar-refractivity contribution in [2.45, 2.75) is 0 Å². The van der Waals surface area contributed by atoms with Crippen LogP contribution >= 0.6 is 0 Å². The predicted molar refractivity (Wildman–Crippen MR) is 94.8 cm³/mol. The van der Waals surface area contributed by atoms with Gasteiger partial charge in [-0.05, 0) is 36.4 Å². The summed E-state index contributed by atoms with van der Waals surface area (Å²) in [7, 11) is 1.56. The van der Waals surface area contributed by atoms with E-state index in [-0.39, 0.29) is 5.91 Å². The van der Waals surface area contributed by atoms with Crippen LogP contribution < -0.4 is 20.7 Å². The Hall–Kier alpha value is -2.73. The molecule has 1 heterocycles. The molecule has 3 N–H and O–H groups in total. The van der Waals surface area contributed by atoms with Gasteiger partial charge in [0.25, 0.3) is 5.91 Å². The molecule has 0 spiro atoms. The molecule has 0 bridgehead atoms. The Bertz CT molecular complexity index is 710. The van der Waals surface area contributed by atoms with Gasteiger partial charge in [-0.2, -0.15) is 0 Å². The molecule has 1 aliphatic rings. The van der Waals surface area contributed by atoms with Crippen LogP contribution in [0.4, 0.5) is 17.1 Å². The second-order valence-corrected chi connectivity index (χ2v) is 5.55. The lowest BCUT2D eigenvalue weighted by Gasteiger charge is -2.28. The lowest BCUT2D eigenvalue weighted by atomic mass is 10.1. The van der Waals surface area contributed by atoms with Gasteiger partial charge in [0.1, 0.15) is 5.75 Å². The van der Waals surface area contributed by atoms with Gasteiger partial charge in [-0.1, -0.05) is 0 Å². The van der Waals surface area contributed by atoms with Crippen LogP contribution in [0.3, 0.4) is 0 Å². The first-order chi connectivity index (χ1) is 11.7. The number of ether oxygens (including phenoxy) is 2. The van der Waals surface area contributed by atoms with Crippen LogP contribution in [0.25, 0.3) is 0 Å². The fourth-order valence-corrected chi connectivity index (χ4v) is 2.65. The highest BCUT2D eigenvalue weighted by Crippen LogP contribution is 2.22. The van der Waals surface area contributed by atoms with Gasteiger partial charge in [0.2, 0.25) is 0 Å². The van der Waals surface area contributed by atoms with E-state index in [9.17, 15) is 4.79 Å². The summed E-state index contributed by atoms with van der Waals surface area (Å²) >= 11 is 0. The average Bonchev–Trinajstić information content (AvgIpc) is 2.63. The summed E-state index contributed by atoms with van der Waals surface area (Å²) in [4.78, 5) is 14.6. The number of hydrogen-bond acceptors (Lipinski definition) is 5. The molecule has 3 rings (SSSR count). The van der Waals surface area contributed by atoms with E-state index < -0.39 is 0 Å². The van der Waals surface area contributed by atoms with Crippen molar-refractivity contribution in [2.75, 3.05) is 49.4 Å². The first-order valence-corrected chi connectivity index (χ1v) is 7.85. The standard InChI is InChI=1S/C18H21N3O3/c1-23-15-6-7-16(17(19)12-15)18(22)20-13-2-4-14(5-3-13)21-8-10-24-11-9-21/h2-7,12H,8-11,19H2,1H3,(H,20,22). The van der Waals surface area contributed by atoms with E-state index in [1.807, 2.05) is 24.3 Å². The highest BCUT2D eigenvalue weighted by atomic mass is 16.5. The molecule has 126 valence electrons. The Morgan fingerprint density at radius 2 is 1.88 bits per heavy atom. The molecule has 2 aromatic rings. The van der Waals surface area contributed by atoms with Gasteiger partial charge in [-0.3, -0.25) is 4.79 Å². The molecule has 0 saturated carbocycles. The van der Waals surface area contributed by atoms with Gasteiger partial charge in [-0.25, -0.2) is 0 Å². The van der Waals surface area contributed by atoms with Crippen molar-refractivity contribution in [3.05, 3.63) is 48.0 Å².